The molecule has 2 unspecified atom stereocenters. The monoisotopic (exact) mass is 522 g/mol. The molecule has 35 heavy (non-hydrogen) atoms. The van der Waals surface area contributed by atoms with E-state index in [2.05, 4.69) is 22.1 Å². The van der Waals surface area contributed by atoms with Crippen LogP contribution in [0.4, 0.5) is 4.79 Å². The van der Waals surface area contributed by atoms with Gasteiger partial charge in [0.25, 0.3) is 0 Å². The number of unbranched alkanes of at least 4 members (excludes halogenated alkanes) is 12. The number of phosphoric ester groups is 1. The second-order valence-electron chi connectivity index (χ2n) is 9.62. The van der Waals surface area contributed by atoms with Gasteiger partial charge in [0.15, 0.2) is 0 Å². The number of amides is 2. The van der Waals surface area contributed by atoms with Gasteiger partial charge < -0.3 is 25.0 Å². The van der Waals surface area contributed by atoms with Crippen molar-refractivity contribution in [3.8, 4) is 0 Å². The van der Waals surface area contributed by atoms with Crippen molar-refractivity contribution in [2.45, 2.75) is 115 Å². The van der Waals surface area contributed by atoms with Crippen molar-refractivity contribution in [2.75, 3.05) is 34.5 Å². The van der Waals surface area contributed by atoms with E-state index in [4.69, 9.17) is 14.0 Å². The minimum absolute atomic E-state index is 0.216. The first kappa shape index (κ1) is 32.3. The van der Waals surface area contributed by atoms with E-state index in [0.29, 0.717) is 19.6 Å². The van der Waals surface area contributed by atoms with Crippen LogP contribution in [0.1, 0.15) is 96.8 Å². The Bertz CT molecular complexity index is 596. The summed E-state index contributed by atoms with van der Waals surface area (Å²) in [5.74, 6) is -0.216. The van der Waals surface area contributed by atoms with Gasteiger partial charge >= 0.3 is 13.9 Å². The fourth-order valence-corrected chi connectivity index (χ4v) is 5.50. The Hall–Kier alpha value is -0.700. The van der Waals surface area contributed by atoms with Crippen molar-refractivity contribution in [3.05, 3.63) is 0 Å². The van der Waals surface area contributed by atoms with Crippen LogP contribution < -0.4 is 10.6 Å². The Labute approximate surface area is 213 Å². The first-order valence-corrected chi connectivity index (χ1v) is 15.0. The Morgan fingerprint density at radius 1 is 0.886 bits per heavy atom. The van der Waals surface area contributed by atoms with E-state index < -0.39 is 20.0 Å². The van der Waals surface area contributed by atoms with Crippen molar-refractivity contribution in [2.24, 2.45) is 5.92 Å². The highest BCUT2D eigenvalue weighted by atomic mass is 31.2. The zero-order valence-corrected chi connectivity index (χ0v) is 23.4. The Balaban J connectivity index is 2.19. The molecule has 0 aromatic rings. The fourth-order valence-electron chi connectivity index (χ4n) is 4.82. The first-order chi connectivity index (χ1) is 16.9. The summed E-state index contributed by atoms with van der Waals surface area (Å²) in [5, 5.41) is 5.83. The first-order valence-electron chi connectivity index (χ1n) is 13.5. The van der Waals surface area contributed by atoms with Gasteiger partial charge in [-0.3, -0.25) is 9.05 Å². The summed E-state index contributed by atoms with van der Waals surface area (Å²) >= 11 is 0. The summed E-state index contributed by atoms with van der Waals surface area (Å²) in [7, 11) is -0.0464. The summed E-state index contributed by atoms with van der Waals surface area (Å²) < 4.78 is 32.6. The fraction of sp³-hybridized carbons (Fsp3) is 0.960. The number of carbonyl (C=O) groups is 1. The number of ether oxygens (including phenoxy) is 2. The van der Waals surface area contributed by atoms with Crippen LogP contribution >= 0.6 is 7.82 Å². The predicted octanol–water partition coefficient (Wildman–Crippen LogP) is 5.56. The number of carbonyl (C=O) groups excluding carboxylic acids is 1. The smallest absolute Gasteiger partial charge is 0.384 e. The molecule has 0 radical (unpaired) electrons. The summed E-state index contributed by atoms with van der Waals surface area (Å²) in [6, 6.07) is -0.639. The average Bonchev–Trinajstić information content (AvgIpc) is 3.14. The van der Waals surface area contributed by atoms with E-state index in [1.54, 1.807) is 7.11 Å². The summed E-state index contributed by atoms with van der Waals surface area (Å²) in [6.07, 6.45) is 15.9. The number of hydrogen-bond donors (Lipinski definition) is 3. The number of rotatable bonds is 21. The minimum atomic E-state index is -4.20. The van der Waals surface area contributed by atoms with Gasteiger partial charge in [-0.1, -0.05) is 84.0 Å². The van der Waals surface area contributed by atoms with Crippen molar-refractivity contribution in [1.82, 2.24) is 10.6 Å². The topological polar surface area (TPSA) is 115 Å². The zero-order valence-electron chi connectivity index (χ0n) is 22.5. The highest BCUT2D eigenvalue weighted by Crippen LogP contribution is 2.48. The molecular formula is C25H51N2O7P. The van der Waals surface area contributed by atoms with Crippen LogP contribution in [0.3, 0.4) is 0 Å². The largest absolute Gasteiger partial charge is 0.472 e. The molecule has 208 valence electrons. The maximum absolute atomic E-state index is 12.4. The molecule has 1 aliphatic carbocycles. The van der Waals surface area contributed by atoms with Crippen LogP contribution in [0, 0.1) is 5.92 Å². The Kier molecular flexibility index (Phi) is 17.9. The van der Waals surface area contributed by atoms with Crippen LogP contribution in [0.25, 0.3) is 0 Å². The quantitative estimate of drug-likeness (QED) is 0.134. The molecule has 0 aromatic heterocycles. The van der Waals surface area contributed by atoms with E-state index in [1.807, 2.05) is 0 Å². The normalized spacial score (nSPS) is 23.8. The van der Waals surface area contributed by atoms with E-state index in [-0.39, 0.29) is 18.0 Å². The highest BCUT2D eigenvalue weighted by molar-refractivity contribution is 7.47. The van der Waals surface area contributed by atoms with Gasteiger partial charge in [-0.05, 0) is 12.8 Å². The molecule has 1 fully saturated rings. The zero-order chi connectivity index (χ0) is 25.9. The molecule has 0 aliphatic heterocycles. The molecule has 10 heteroatoms. The average molecular weight is 523 g/mol. The number of urea groups is 1. The van der Waals surface area contributed by atoms with E-state index in [1.165, 1.54) is 77.7 Å². The molecule has 0 saturated heterocycles. The molecule has 0 aromatic carbocycles. The molecule has 0 spiro atoms. The van der Waals surface area contributed by atoms with Crippen LogP contribution in [0.2, 0.25) is 0 Å². The molecule has 1 saturated carbocycles. The molecule has 5 atom stereocenters. The Morgan fingerprint density at radius 3 is 1.91 bits per heavy atom. The maximum Gasteiger partial charge on any atom is 0.472 e. The van der Waals surface area contributed by atoms with Crippen molar-refractivity contribution >= 4 is 13.9 Å². The van der Waals surface area contributed by atoms with E-state index in [9.17, 15) is 14.3 Å². The lowest BCUT2D eigenvalue weighted by molar-refractivity contribution is -0.0287. The lowest BCUT2D eigenvalue weighted by atomic mass is 10.0. The minimum Gasteiger partial charge on any atom is -0.384 e. The van der Waals surface area contributed by atoms with Crippen LogP contribution in [-0.2, 0) is 23.1 Å². The van der Waals surface area contributed by atoms with Gasteiger partial charge in [0.2, 0.25) is 0 Å². The third-order valence-electron chi connectivity index (χ3n) is 6.76. The van der Waals surface area contributed by atoms with Crippen LogP contribution in [0.5, 0.6) is 0 Å². The van der Waals surface area contributed by atoms with E-state index in [0.717, 1.165) is 20.0 Å². The molecule has 1 aliphatic rings. The Morgan fingerprint density at radius 2 is 1.43 bits per heavy atom. The summed E-state index contributed by atoms with van der Waals surface area (Å²) in [5.41, 5.74) is 0. The van der Waals surface area contributed by atoms with Crippen molar-refractivity contribution in [3.63, 3.8) is 0 Å². The van der Waals surface area contributed by atoms with Gasteiger partial charge in [0.05, 0.1) is 12.6 Å². The van der Waals surface area contributed by atoms with Crippen LogP contribution in [-0.4, -0.2) is 63.7 Å². The van der Waals surface area contributed by atoms with Crippen LogP contribution in [0.15, 0.2) is 0 Å². The highest BCUT2D eigenvalue weighted by Gasteiger charge is 2.48. The standard InChI is InChI=1S/C25H51N2O7P/c1-5-6-7-8-9-10-11-12-13-14-15-16-17-18-26-25(28)27-22-19-21(20-31-2)23(24(22)32-3)34-35(29,30)33-4/h21-24H,5-20H2,1-4H3,(H,29,30)(H2,26,27,28)/t21-,22+,23?,24-/m1/s1. The van der Waals surface area contributed by atoms with Gasteiger partial charge in [0, 0.05) is 33.8 Å². The number of nitrogens with one attached hydrogen (secondary N) is 2. The summed E-state index contributed by atoms with van der Waals surface area (Å²) in [4.78, 5) is 22.2. The third-order valence-corrected chi connectivity index (χ3v) is 7.73. The number of hydrogen-bond acceptors (Lipinski definition) is 6. The van der Waals surface area contributed by atoms with Gasteiger partial charge in [0.1, 0.15) is 12.2 Å². The maximum atomic E-state index is 12.4. The van der Waals surface area contributed by atoms with Gasteiger partial charge in [-0.15, -0.1) is 0 Å². The lowest BCUT2D eigenvalue weighted by Gasteiger charge is -2.27. The van der Waals surface area contributed by atoms with Crippen molar-refractivity contribution < 1.29 is 32.8 Å². The lowest BCUT2D eigenvalue weighted by Crippen LogP contribution is -2.48. The number of phosphoric acid groups is 1. The number of methoxy groups -OCH3 is 2. The SMILES string of the molecule is CCCCCCCCCCCCCCCNC(=O)N[C@H]1C[C@H](COC)C(OP(=O)(O)OC)[C@@H]1OC. The molecule has 0 heterocycles. The van der Waals surface area contributed by atoms with Crippen molar-refractivity contribution in [1.29, 1.82) is 0 Å². The second-order valence-corrected chi connectivity index (χ2v) is 11.1. The molecule has 9 nitrogen and oxygen atoms in total. The molecule has 1 rings (SSSR count). The van der Waals surface area contributed by atoms with E-state index >= 15 is 0 Å². The van der Waals surface area contributed by atoms with Gasteiger partial charge in [-0.2, -0.15) is 0 Å². The molecule has 2 amide bonds. The second kappa shape index (κ2) is 19.4. The third kappa shape index (κ3) is 14.0. The molecular weight excluding hydrogens is 471 g/mol. The van der Waals surface area contributed by atoms with Gasteiger partial charge in [-0.25, -0.2) is 9.36 Å². The molecule has 0 bridgehead atoms. The summed E-state index contributed by atoms with van der Waals surface area (Å²) in [6.45, 7) is 3.18. The molecule has 3 N–H and O–H groups in total. The predicted molar refractivity (Wildman–Crippen MR) is 139 cm³/mol.